The van der Waals surface area contributed by atoms with E-state index >= 15 is 0 Å². The maximum Gasteiger partial charge on any atom is 0.255 e. The molecule has 1 amide bonds. The van der Waals surface area contributed by atoms with Crippen LogP contribution < -0.4 is 5.56 Å². The molecule has 3 aromatic heterocycles. The third-order valence-electron chi connectivity index (χ3n) is 7.08. The van der Waals surface area contributed by atoms with Crippen LogP contribution in [0.5, 0.6) is 0 Å². The van der Waals surface area contributed by atoms with Gasteiger partial charge in [-0.3, -0.25) is 14.5 Å². The molecule has 2 fully saturated rings. The molecule has 8 heteroatoms. The fourth-order valence-electron chi connectivity index (χ4n) is 5.58. The lowest BCUT2D eigenvalue weighted by Gasteiger charge is -2.43. The third kappa shape index (κ3) is 3.26. The molecule has 6 rings (SSSR count). The normalized spacial score (nSPS) is 23.3. The van der Waals surface area contributed by atoms with Gasteiger partial charge >= 0.3 is 0 Å². The lowest BCUT2D eigenvalue weighted by atomic mass is 9.82. The molecule has 3 aliphatic rings. The summed E-state index contributed by atoms with van der Waals surface area (Å²) in [4.78, 5) is 34.9. The maximum atomic E-state index is 13.2. The quantitative estimate of drug-likeness (QED) is 0.648. The molecular formula is C23H26N6O2. The zero-order valence-electron chi connectivity index (χ0n) is 17.5. The van der Waals surface area contributed by atoms with E-state index in [2.05, 4.69) is 21.0 Å². The standard InChI is InChI=1S/C23H26N6O2/c30-22(18-4-6-21-24-15-25-29(21)14-18)27-10-16-9-19(13-27)20-5-3-17(23(31)28(20)11-16)12-26-7-1-2-8-26/h3-6,14-16,19H,1-2,7-13H2/t16-,19+/m0/s1. The third-order valence-corrected chi connectivity index (χ3v) is 7.08. The minimum absolute atomic E-state index is 0.0218. The summed E-state index contributed by atoms with van der Waals surface area (Å²) < 4.78 is 3.63. The van der Waals surface area contributed by atoms with Crippen molar-refractivity contribution in [3.05, 3.63) is 64.0 Å². The van der Waals surface area contributed by atoms with Crippen molar-refractivity contribution in [3.8, 4) is 0 Å². The summed E-state index contributed by atoms with van der Waals surface area (Å²) in [6.07, 6.45) is 6.73. The molecule has 2 saturated heterocycles. The number of carbonyl (C=O) groups excluding carboxylic acids is 1. The van der Waals surface area contributed by atoms with E-state index in [4.69, 9.17) is 0 Å². The van der Waals surface area contributed by atoms with E-state index in [1.807, 2.05) is 27.7 Å². The Morgan fingerprint density at radius 1 is 1.06 bits per heavy atom. The Labute approximate surface area is 180 Å². The lowest BCUT2D eigenvalue weighted by molar-refractivity contribution is 0.0593. The predicted octanol–water partition coefficient (Wildman–Crippen LogP) is 1.75. The van der Waals surface area contributed by atoms with Gasteiger partial charge in [0.25, 0.3) is 11.5 Å². The van der Waals surface area contributed by atoms with Gasteiger partial charge in [-0.15, -0.1) is 0 Å². The fraction of sp³-hybridized carbons (Fsp3) is 0.478. The first kappa shape index (κ1) is 18.7. The highest BCUT2D eigenvalue weighted by molar-refractivity contribution is 5.94. The van der Waals surface area contributed by atoms with Gasteiger partial charge in [-0.2, -0.15) is 5.10 Å². The van der Waals surface area contributed by atoms with Crippen molar-refractivity contribution >= 4 is 11.6 Å². The van der Waals surface area contributed by atoms with Crippen LogP contribution in [0.4, 0.5) is 0 Å². The Kier molecular flexibility index (Phi) is 4.41. The number of hydrogen-bond acceptors (Lipinski definition) is 5. The van der Waals surface area contributed by atoms with Crippen molar-refractivity contribution < 1.29 is 4.79 Å². The SMILES string of the molecule is O=C(c1ccc2ncnn2c1)N1C[C@@H]2C[C@H](C1)c1ccc(CN3CCCC3)c(=O)n1C2. The van der Waals surface area contributed by atoms with E-state index in [1.54, 1.807) is 10.7 Å². The fourth-order valence-corrected chi connectivity index (χ4v) is 5.58. The molecular weight excluding hydrogens is 392 g/mol. The van der Waals surface area contributed by atoms with Crippen molar-refractivity contribution in [1.29, 1.82) is 0 Å². The average Bonchev–Trinajstić information content (AvgIpc) is 3.46. The number of nitrogens with zero attached hydrogens (tertiary/aromatic N) is 6. The molecule has 2 atom stereocenters. The molecule has 0 aliphatic carbocycles. The Morgan fingerprint density at radius 2 is 1.94 bits per heavy atom. The highest BCUT2D eigenvalue weighted by atomic mass is 16.2. The second-order valence-corrected chi connectivity index (χ2v) is 9.17. The molecule has 0 spiro atoms. The summed E-state index contributed by atoms with van der Waals surface area (Å²) in [6.45, 7) is 4.96. The first-order valence-corrected chi connectivity index (χ1v) is 11.2. The summed E-state index contributed by atoms with van der Waals surface area (Å²) in [5.41, 5.74) is 3.49. The van der Waals surface area contributed by atoms with Crippen molar-refractivity contribution in [2.24, 2.45) is 5.92 Å². The highest BCUT2D eigenvalue weighted by Gasteiger charge is 2.37. The Balaban J connectivity index is 1.25. The Morgan fingerprint density at radius 3 is 2.81 bits per heavy atom. The second kappa shape index (κ2) is 7.30. The van der Waals surface area contributed by atoms with Gasteiger partial charge < -0.3 is 9.47 Å². The van der Waals surface area contributed by atoms with Crippen LogP contribution in [0.1, 0.15) is 46.8 Å². The van der Waals surface area contributed by atoms with Crippen LogP contribution >= 0.6 is 0 Å². The second-order valence-electron chi connectivity index (χ2n) is 9.17. The largest absolute Gasteiger partial charge is 0.338 e. The van der Waals surface area contributed by atoms with Crippen molar-refractivity contribution in [3.63, 3.8) is 0 Å². The van der Waals surface area contributed by atoms with Crippen LogP contribution in [0.25, 0.3) is 5.65 Å². The van der Waals surface area contributed by atoms with Crippen LogP contribution in [-0.4, -0.2) is 61.1 Å². The number of rotatable bonds is 3. The van der Waals surface area contributed by atoms with Crippen LogP contribution in [0.2, 0.25) is 0 Å². The predicted molar refractivity (Wildman–Crippen MR) is 115 cm³/mol. The van der Waals surface area contributed by atoms with E-state index in [0.29, 0.717) is 31.1 Å². The number of pyridine rings is 2. The van der Waals surface area contributed by atoms with Crippen LogP contribution in [-0.2, 0) is 13.1 Å². The number of amides is 1. The van der Waals surface area contributed by atoms with Gasteiger partial charge in [0.15, 0.2) is 5.65 Å². The molecule has 0 radical (unpaired) electrons. The van der Waals surface area contributed by atoms with Crippen LogP contribution in [0, 0.1) is 5.92 Å². The molecule has 8 nitrogen and oxygen atoms in total. The summed E-state index contributed by atoms with van der Waals surface area (Å²) in [5.74, 6) is 0.540. The topological polar surface area (TPSA) is 75.7 Å². The van der Waals surface area contributed by atoms with Gasteiger partial charge in [0.1, 0.15) is 6.33 Å². The van der Waals surface area contributed by atoms with E-state index in [9.17, 15) is 9.59 Å². The van der Waals surface area contributed by atoms with Crippen molar-refractivity contribution in [1.82, 2.24) is 29.0 Å². The first-order valence-electron chi connectivity index (χ1n) is 11.2. The van der Waals surface area contributed by atoms with E-state index in [0.717, 1.165) is 43.0 Å². The average molecular weight is 419 g/mol. The monoisotopic (exact) mass is 418 g/mol. The molecule has 6 heterocycles. The zero-order valence-corrected chi connectivity index (χ0v) is 17.5. The molecule has 31 heavy (non-hydrogen) atoms. The van der Waals surface area contributed by atoms with Gasteiger partial charge in [0, 0.05) is 49.6 Å². The molecule has 0 saturated carbocycles. The number of piperidine rings is 1. The smallest absolute Gasteiger partial charge is 0.255 e. The lowest BCUT2D eigenvalue weighted by Crippen LogP contribution is -2.49. The highest BCUT2D eigenvalue weighted by Crippen LogP contribution is 2.35. The minimum Gasteiger partial charge on any atom is -0.338 e. The summed E-state index contributed by atoms with van der Waals surface area (Å²) >= 11 is 0. The Bertz CT molecular complexity index is 1210. The number of hydrogen-bond donors (Lipinski definition) is 0. The van der Waals surface area contributed by atoms with Gasteiger partial charge in [0.2, 0.25) is 0 Å². The number of likely N-dealkylation sites (tertiary alicyclic amines) is 2. The molecule has 0 unspecified atom stereocenters. The van der Waals surface area contributed by atoms with Gasteiger partial charge in [-0.25, -0.2) is 9.50 Å². The number of aromatic nitrogens is 4. The number of carbonyl (C=O) groups is 1. The van der Waals surface area contributed by atoms with E-state index in [1.165, 1.54) is 19.2 Å². The van der Waals surface area contributed by atoms with E-state index < -0.39 is 0 Å². The zero-order chi connectivity index (χ0) is 20.9. The first-order chi connectivity index (χ1) is 15.2. The van der Waals surface area contributed by atoms with Gasteiger partial charge in [0.05, 0.1) is 5.56 Å². The van der Waals surface area contributed by atoms with Crippen LogP contribution in [0.15, 0.2) is 41.6 Å². The molecule has 0 N–H and O–H groups in total. The van der Waals surface area contributed by atoms with Gasteiger partial charge in [-0.1, -0.05) is 6.07 Å². The van der Waals surface area contributed by atoms with Gasteiger partial charge in [-0.05, 0) is 56.5 Å². The summed E-state index contributed by atoms with van der Waals surface area (Å²) in [5, 5.41) is 4.14. The van der Waals surface area contributed by atoms with E-state index in [-0.39, 0.29) is 17.4 Å². The summed E-state index contributed by atoms with van der Waals surface area (Å²) in [7, 11) is 0. The molecule has 3 aliphatic heterocycles. The molecule has 2 bridgehead atoms. The summed E-state index contributed by atoms with van der Waals surface area (Å²) in [6, 6.07) is 7.79. The molecule has 160 valence electrons. The Hall–Kier alpha value is -3.00. The maximum absolute atomic E-state index is 13.2. The number of fused-ring (bicyclic) bond motifs is 5. The molecule has 0 aromatic carbocycles. The minimum atomic E-state index is 0.0218. The van der Waals surface area contributed by atoms with Crippen molar-refractivity contribution in [2.75, 3.05) is 26.2 Å². The van der Waals surface area contributed by atoms with Crippen molar-refractivity contribution in [2.45, 2.75) is 38.3 Å². The van der Waals surface area contributed by atoms with Crippen LogP contribution in [0.3, 0.4) is 0 Å². The molecule has 3 aromatic rings.